The van der Waals surface area contributed by atoms with E-state index in [4.69, 9.17) is 9.84 Å². The van der Waals surface area contributed by atoms with E-state index < -0.39 is 5.97 Å². The maximum Gasteiger partial charge on any atom is 0.306 e. The third-order valence-electron chi connectivity index (χ3n) is 5.21. The smallest absolute Gasteiger partial charge is 0.306 e. The fourth-order valence-corrected chi connectivity index (χ4v) is 3.72. The van der Waals surface area contributed by atoms with Crippen molar-refractivity contribution < 1.29 is 19.4 Å². The van der Waals surface area contributed by atoms with Crippen molar-refractivity contribution in [1.82, 2.24) is 4.90 Å². The van der Waals surface area contributed by atoms with Gasteiger partial charge in [0.2, 0.25) is 5.91 Å². The molecule has 1 aliphatic heterocycles. The van der Waals surface area contributed by atoms with Crippen LogP contribution < -0.4 is 0 Å². The van der Waals surface area contributed by atoms with Gasteiger partial charge in [-0.2, -0.15) is 0 Å². The zero-order valence-corrected chi connectivity index (χ0v) is 13.9. The molecule has 130 valence electrons. The van der Waals surface area contributed by atoms with Crippen molar-refractivity contribution in [3.63, 3.8) is 0 Å². The second kappa shape index (κ2) is 7.79. The quantitative estimate of drug-likeness (QED) is 0.901. The van der Waals surface area contributed by atoms with E-state index in [1.54, 1.807) is 0 Å². The largest absolute Gasteiger partial charge is 0.481 e. The van der Waals surface area contributed by atoms with Crippen LogP contribution in [0.2, 0.25) is 0 Å². The summed E-state index contributed by atoms with van der Waals surface area (Å²) in [6.07, 6.45) is 3.74. The first-order chi connectivity index (χ1) is 11.6. The van der Waals surface area contributed by atoms with Gasteiger partial charge in [-0.25, -0.2) is 0 Å². The second-order valence-electron chi connectivity index (χ2n) is 6.87. The second-order valence-corrected chi connectivity index (χ2v) is 6.87. The van der Waals surface area contributed by atoms with Crippen LogP contribution >= 0.6 is 0 Å². The van der Waals surface area contributed by atoms with Gasteiger partial charge >= 0.3 is 5.97 Å². The van der Waals surface area contributed by atoms with Crippen LogP contribution in [0.3, 0.4) is 0 Å². The molecule has 1 aromatic rings. The van der Waals surface area contributed by atoms with Gasteiger partial charge < -0.3 is 14.7 Å². The molecule has 2 atom stereocenters. The number of nitrogens with zero attached hydrogens (tertiary/aromatic N) is 1. The molecule has 5 heteroatoms. The predicted molar refractivity (Wildman–Crippen MR) is 89.3 cm³/mol. The van der Waals surface area contributed by atoms with Crippen LogP contribution in [0.5, 0.6) is 0 Å². The maximum atomic E-state index is 12.5. The van der Waals surface area contributed by atoms with E-state index in [0.717, 1.165) is 12.8 Å². The lowest BCUT2D eigenvalue weighted by Crippen LogP contribution is -2.43. The first-order valence-corrected chi connectivity index (χ1v) is 8.80. The van der Waals surface area contributed by atoms with Crippen molar-refractivity contribution >= 4 is 11.9 Å². The molecular weight excluding hydrogens is 306 g/mol. The Morgan fingerprint density at radius 1 is 1.04 bits per heavy atom. The first kappa shape index (κ1) is 17.0. The van der Waals surface area contributed by atoms with Crippen LogP contribution in [-0.4, -0.2) is 41.1 Å². The topological polar surface area (TPSA) is 66.8 Å². The molecule has 1 aliphatic carbocycles. The van der Waals surface area contributed by atoms with Gasteiger partial charge in [0.1, 0.15) is 0 Å². The third-order valence-corrected chi connectivity index (χ3v) is 5.21. The van der Waals surface area contributed by atoms with Crippen LogP contribution in [-0.2, 0) is 20.9 Å². The molecule has 0 bridgehead atoms. The van der Waals surface area contributed by atoms with E-state index in [9.17, 15) is 9.59 Å². The minimum atomic E-state index is -0.765. The Balaban J connectivity index is 1.42. The van der Waals surface area contributed by atoms with Crippen LogP contribution in [0.4, 0.5) is 0 Å². The number of carbonyl (C=O) groups excluding carboxylic acids is 1. The normalized spacial score (nSPS) is 24.9. The Morgan fingerprint density at radius 2 is 1.71 bits per heavy atom. The van der Waals surface area contributed by atoms with Gasteiger partial charge in [-0.05, 0) is 37.7 Å². The third kappa shape index (κ3) is 4.15. The number of likely N-dealkylation sites (tertiary alicyclic amines) is 1. The number of carboxylic acid groups (broad SMARTS) is 1. The summed E-state index contributed by atoms with van der Waals surface area (Å²) in [6, 6.07) is 10.1. The van der Waals surface area contributed by atoms with Crippen LogP contribution in [0.25, 0.3) is 0 Å². The van der Waals surface area contributed by atoms with E-state index in [0.29, 0.717) is 39.0 Å². The number of hydrogen-bond acceptors (Lipinski definition) is 3. The van der Waals surface area contributed by atoms with Gasteiger partial charge in [0.05, 0.1) is 18.6 Å². The summed E-state index contributed by atoms with van der Waals surface area (Å²) >= 11 is 0. The number of carbonyl (C=O) groups is 2. The molecule has 0 spiro atoms. The molecule has 1 saturated carbocycles. The molecule has 1 N–H and O–H groups in total. The molecule has 0 unspecified atom stereocenters. The number of rotatable bonds is 5. The molecule has 5 nitrogen and oxygen atoms in total. The summed E-state index contributed by atoms with van der Waals surface area (Å²) in [6.45, 7) is 2.04. The van der Waals surface area contributed by atoms with Crippen LogP contribution in [0.1, 0.15) is 37.7 Å². The highest BCUT2D eigenvalue weighted by molar-refractivity contribution is 5.81. The van der Waals surface area contributed by atoms with Gasteiger partial charge in [0, 0.05) is 19.0 Å². The van der Waals surface area contributed by atoms with E-state index >= 15 is 0 Å². The summed E-state index contributed by atoms with van der Waals surface area (Å²) in [5.74, 6) is -1.07. The number of hydrogen-bond donors (Lipinski definition) is 1. The zero-order chi connectivity index (χ0) is 16.9. The fourth-order valence-electron chi connectivity index (χ4n) is 3.72. The van der Waals surface area contributed by atoms with Crippen LogP contribution in [0.15, 0.2) is 30.3 Å². The highest BCUT2D eigenvalue weighted by Crippen LogP contribution is 2.33. The summed E-state index contributed by atoms with van der Waals surface area (Å²) < 4.78 is 5.96. The van der Waals surface area contributed by atoms with Gasteiger partial charge in [0.25, 0.3) is 0 Å². The lowest BCUT2D eigenvalue weighted by molar-refractivity contribution is -0.142. The number of benzene rings is 1. The SMILES string of the molecule is O=C(O)[C@@H]1CC[C@H](C(=O)N2CCC(OCc3ccccc3)CC2)C1. The monoisotopic (exact) mass is 331 g/mol. The van der Waals surface area contributed by atoms with Crippen molar-refractivity contribution in [3.05, 3.63) is 35.9 Å². The van der Waals surface area contributed by atoms with Crippen LogP contribution in [0, 0.1) is 11.8 Å². The van der Waals surface area contributed by atoms with E-state index in [1.807, 2.05) is 23.1 Å². The molecule has 2 aliphatic rings. The Kier molecular flexibility index (Phi) is 5.51. The number of aliphatic carboxylic acids is 1. The van der Waals surface area contributed by atoms with Gasteiger partial charge in [-0.3, -0.25) is 9.59 Å². The Hall–Kier alpha value is -1.88. The Labute approximate surface area is 142 Å². The number of ether oxygens (including phenoxy) is 1. The number of piperidine rings is 1. The average molecular weight is 331 g/mol. The summed E-state index contributed by atoms with van der Waals surface area (Å²) in [7, 11) is 0. The minimum absolute atomic E-state index is 0.104. The fraction of sp³-hybridized carbons (Fsp3) is 0.579. The molecule has 2 fully saturated rings. The maximum absolute atomic E-state index is 12.5. The Morgan fingerprint density at radius 3 is 2.33 bits per heavy atom. The molecule has 0 aromatic heterocycles. The molecule has 1 aromatic carbocycles. The Bertz CT molecular complexity index is 566. The summed E-state index contributed by atoms with van der Waals surface area (Å²) in [4.78, 5) is 25.5. The molecule has 24 heavy (non-hydrogen) atoms. The number of amides is 1. The molecule has 1 heterocycles. The molecule has 1 saturated heterocycles. The van der Waals surface area contributed by atoms with Gasteiger partial charge in [-0.1, -0.05) is 30.3 Å². The lowest BCUT2D eigenvalue weighted by Gasteiger charge is -2.33. The molecule has 3 rings (SSSR count). The van der Waals surface area contributed by atoms with E-state index in [-0.39, 0.29) is 23.8 Å². The predicted octanol–water partition coefficient (Wildman–Crippen LogP) is 2.70. The standard InChI is InChI=1S/C19H25NO4/c21-18(15-6-7-16(12-15)19(22)23)20-10-8-17(9-11-20)24-13-14-4-2-1-3-5-14/h1-5,15-17H,6-13H2,(H,22,23)/t15-,16+/m0/s1. The van der Waals surface area contributed by atoms with E-state index in [2.05, 4.69) is 12.1 Å². The highest BCUT2D eigenvalue weighted by atomic mass is 16.5. The van der Waals surface area contributed by atoms with Crippen molar-refractivity contribution in [2.75, 3.05) is 13.1 Å². The lowest BCUT2D eigenvalue weighted by atomic mass is 10.0. The molecule has 1 amide bonds. The summed E-state index contributed by atoms with van der Waals surface area (Å²) in [5, 5.41) is 9.07. The zero-order valence-electron chi connectivity index (χ0n) is 13.9. The minimum Gasteiger partial charge on any atom is -0.481 e. The van der Waals surface area contributed by atoms with Crippen molar-refractivity contribution in [3.8, 4) is 0 Å². The molecular formula is C19H25NO4. The highest BCUT2D eigenvalue weighted by Gasteiger charge is 2.36. The number of carboxylic acids is 1. The first-order valence-electron chi connectivity index (χ1n) is 8.80. The van der Waals surface area contributed by atoms with Crippen molar-refractivity contribution in [2.24, 2.45) is 11.8 Å². The van der Waals surface area contributed by atoms with Crippen molar-refractivity contribution in [1.29, 1.82) is 0 Å². The van der Waals surface area contributed by atoms with Crippen molar-refractivity contribution in [2.45, 2.75) is 44.8 Å². The van der Waals surface area contributed by atoms with Gasteiger partial charge in [-0.15, -0.1) is 0 Å². The molecule has 0 radical (unpaired) electrons. The van der Waals surface area contributed by atoms with Gasteiger partial charge in [0.15, 0.2) is 0 Å². The van der Waals surface area contributed by atoms with E-state index in [1.165, 1.54) is 5.56 Å². The summed E-state index contributed by atoms with van der Waals surface area (Å²) in [5.41, 5.74) is 1.17. The average Bonchev–Trinajstić information content (AvgIpc) is 3.11.